The first-order valence-corrected chi connectivity index (χ1v) is 7.94. The highest BCUT2D eigenvalue weighted by Crippen LogP contribution is 2.34. The average molecular weight is 360 g/mol. The fourth-order valence-electron chi connectivity index (χ4n) is 2.82. The van der Waals surface area contributed by atoms with Crippen molar-refractivity contribution in [2.45, 2.75) is 44.5 Å². The number of aryl methyl sites for hydroxylation is 1. The van der Waals surface area contributed by atoms with Gasteiger partial charge in [-0.15, -0.1) is 0 Å². The van der Waals surface area contributed by atoms with Gasteiger partial charge in [-0.1, -0.05) is 43.3 Å². The highest BCUT2D eigenvalue weighted by Gasteiger charge is 2.31. The molecule has 0 nitrogen and oxygen atoms in total. The number of hydrogen-bond donors (Lipinski definition) is 0. The van der Waals surface area contributed by atoms with Crippen LogP contribution in [0.3, 0.4) is 0 Å². The summed E-state index contributed by atoms with van der Waals surface area (Å²) in [5.41, 5.74) is -0.329. The van der Waals surface area contributed by atoms with Gasteiger partial charge in [0.1, 0.15) is 0 Å². The van der Waals surface area contributed by atoms with Crippen molar-refractivity contribution in [2.24, 2.45) is 0 Å². The second-order valence-corrected chi connectivity index (χ2v) is 5.97. The van der Waals surface area contributed by atoms with Crippen LogP contribution in [0.1, 0.15) is 47.9 Å². The Kier molecular flexibility index (Phi) is 5.80. The molecule has 0 radical (unpaired) electrons. The maximum absolute atomic E-state index is 12.8. The zero-order valence-corrected chi connectivity index (χ0v) is 13.6. The van der Waals surface area contributed by atoms with Crippen LogP contribution in [0, 0.1) is 0 Å². The molecule has 2 rings (SSSR count). The Bertz CT molecular complexity index is 700. The Morgan fingerprint density at radius 2 is 1.36 bits per heavy atom. The lowest BCUT2D eigenvalue weighted by Crippen LogP contribution is -2.08. The van der Waals surface area contributed by atoms with Crippen molar-refractivity contribution in [3.8, 4) is 0 Å². The van der Waals surface area contributed by atoms with Gasteiger partial charge in [0.05, 0.1) is 11.1 Å². The third-order valence-electron chi connectivity index (χ3n) is 4.21. The SMILES string of the molecule is CCC(CCc1cccc(C(F)(F)F)c1)c1cccc(C(F)(F)F)c1. The number of halogens is 6. The van der Waals surface area contributed by atoms with E-state index >= 15 is 0 Å². The Morgan fingerprint density at radius 3 is 1.92 bits per heavy atom. The summed E-state index contributed by atoms with van der Waals surface area (Å²) in [7, 11) is 0. The van der Waals surface area contributed by atoms with E-state index in [1.165, 1.54) is 12.1 Å². The molecule has 0 amide bonds. The second-order valence-electron chi connectivity index (χ2n) is 5.97. The monoisotopic (exact) mass is 360 g/mol. The maximum atomic E-state index is 12.8. The third kappa shape index (κ3) is 5.25. The van der Waals surface area contributed by atoms with Gasteiger partial charge in [-0.3, -0.25) is 0 Å². The van der Waals surface area contributed by atoms with E-state index in [4.69, 9.17) is 0 Å². The standard InChI is InChI=1S/C19H18F6/c1-2-14(15-6-4-8-17(12-15)19(23,24)25)10-9-13-5-3-7-16(11-13)18(20,21)22/h3-8,11-12,14H,2,9-10H2,1H3. The molecule has 0 bridgehead atoms. The molecular formula is C19H18F6. The lowest BCUT2D eigenvalue weighted by Gasteiger charge is -2.17. The first kappa shape index (κ1) is 19.3. The summed E-state index contributed by atoms with van der Waals surface area (Å²) in [6.45, 7) is 1.86. The molecule has 0 aliphatic heterocycles. The average Bonchev–Trinajstić information content (AvgIpc) is 2.54. The normalized spacial score (nSPS) is 13.7. The summed E-state index contributed by atoms with van der Waals surface area (Å²) < 4.78 is 76.7. The van der Waals surface area contributed by atoms with Gasteiger partial charge in [-0.05, 0) is 48.4 Å². The molecule has 2 aromatic rings. The van der Waals surface area contributed by atoms with E-state index in [0.29, 0.717) is 30.4 Å². The van der Waals surface area contributed by atoms with Crippen molar-refractivity contribution in [3.63, 3.8) is 0 Å². The molecule has 0 N–H and O–H groups in total. The smallest absolute Gasteiger partial charge is 0.166 e. The van der Waals surface area contributed by atoms with Crippen molar-refractivity contribution >= 4 is 0 Å². The van der Waals surface area contributed by atoms with E-state index < -0.39 is 23.5 Å². The van der Waals surface area contributed by atoms with Crippen LogP contribution in [-0.4, -0.2) is 0 Å². The quantitative estimate of drug-likeness (QED) is 0.512. The molecule has 0 aliphatic carbocycles. The second kappa shape index (κ2) is 7.50. The summed E-state index contributed by atoms with van der Waals surface area (Å²) in [5, 5.41) is 0. The minimum atomic E-state index is -4.41. The van der Waals surface area contributed by atoms with Crippen LogP contribution in [0.4, 0.5) is 26.3 Å². The van der Waals surface area contributed by atoms with E-state index in [0.717, 1.165) is 24.3 Å². The summed E-state index contributed by atoms with van der Waals surface area (Å²) in [6.07, 6.45) is -7.34. The Hall–Kier alpha value is -1.98. The molecule has 0 spiro atoms. The lowest BCUT2D eigenvalue weighted by atomic mass is 9.89. The van der Waals surface area contributed by atoms with Crippen LogP contribution >= 0.6 is 0 Å². The third-order valence-corrected chi connectivity index (χ3v) is 4.21. The van der Waals surface area contributed by atoms with Gasteiger partial charge < -0.3 is 0 Å². The van der Waals surface area contributed by atoms with Crippen molar-refractivity contribution in [2.75, 3.05) is 0 Å². The minimum Gasteiger partial charge on any atom is -0.166 e. The zero-order valence-electron chi connectivity index (χ0n) is 13.6. The van der Waals surface area contributed by atoms with Gasteiger partial charge >= 0.3 is 12.4 Å². The number of alkyl halides is 6. The van der Waals surface area contributed by atoms with Crippen LogP contribution in [-0.2, 0) is 18.8 Å². The molecule has 1 atom stereocenters. The van der Waals surface area contributed by atoms with Crippen LogP contribution in [0.25, 0.3) is 0 Å². The topological polar surface area (TPSA) is 0 Å². The van der Waals surface area contributed by atoms with Gasteiger partial charge in [0.15, 0.2) is 0 Å². The van der Waals surface area contributed by atoms with E-state index in [2.05, 4.69) is 0 Å². The van der Waals surface area contributed by atoms with E-state index in [1.807, 2.05) is 6.92 Å². The molecule has 25 heavy (non-hydrogen) atoms. The lowest BCUT2D eigenvalue weighted by molar-refractivity contribution is -0.138. The zero-order chi connectivity index (χ0) is 18.7. The molecule has 0 saturated heterocycles. The summed E-state index contributed by atoms with van der Waals surface area (Å²) in [5.74, 6) is -0.142. The molecule has 2 aromatic carbocycles. The molecule has 0 aromatic heterocycles. The molecular weight excluding hydrogens is 342 g/mol. The fraction of sp³-hybridized carbons (Fsp3) is 0.368. The Balaban J connectivity index is 2.13. The fourth-order valence-corrected chi connectivity index (χ4v) is 2.82. The molecule has 1 unspecified atom stereocenters. The summed E-state index contributed by atoms with van der Waals surface area (Å²) in [4.78, 5) is 0. The highest BCUT2D eigenvalue weighted by molar-refractivity contribution is 5.29. The van der Waals surface area contributed by atoms with E-state index in [1.54, 1.807) is 12.1 Å². The van der Waals surface area contributed by atoms with Crippen molar-refractivity contribution in [1.29, 1.82) is 0 Å². The van der Waals surface area contributed by atoms with E-state index in [9.17, 15) is 26.3 Å². The Morgan fingerprint density at radius 1 is 0.800 bits per heavy atom. The van der Waals surface area contributed by atoms with Gasteiger partial charge in [0, 0.05) is 0 Å². The molecule has 6 heteroatoms. The predicted octanol–water partition coefficient (Wildman–Crippen LogP) is 6.85. The summed E-state index contributed by atoms with van der Waals surface area (Å²) in [6, 6.07) is 10.2. The molecule has 0 fully saturated rings. The predicted molar refractivity (Wildman–Crippen MR) is 84.2 cm³/mol. The van der Waals surface area contributed by atoms with E-state index in [-0.39, 0.29) is 5.92 Å². The summed E-state index contributed by atoms with van der Waals surface area (Å²) >= 11 is 0. The maximum Gasteiger partial charge on any atom is 0.416 e. The molecule has 0 heterocycles. The largest absolute Gasteiger partial charge is 0.416 e. The first-order valence-electron chi connectivity index (χ1n) is 7.94. The van der Waals surface area contributed by atoms with Crippen LogP contribution in [0.15, 0.2) is 48.5 Å². The van der Waals surface area contributed by atoms with Crippen LogP contribution in [0.5, 0.6) is 0 Å². The van der Waals surface area contributed by atoms with Crippen molar-refractivity contribution in [1.82, 2.24) is 0 Å². The Labute approximate surface area is 142 Å². The van der Waals surface area contributed by atoms with Crippen molar-refractivity contribution in [3.05, 3.63) is 70.8 Å². The van der Waals surface area contributed by atoms with Gasteiger partial charge in [-0.25, -0.2) is 0 Å². The van der Waals surface area contributed by atoms with Gasteiger partial charge in [0.2, 0.25) is 0 Å². The highest BCUT2D eigenvalue weighted by atomic mass is 19.4. The number of hydrogen-bond acceptors (Lipinski definition) is 0. The first-order chi connectivity index (χ1) is 11.6. The number of benzene rings is 2. The molecule has 0 aliphatic rings. The van der Waals surface area contributed by atoms with Gasteiger partial charge in [-0.2, -0.15) is 26.3 Å². The molecule has 136 valence electrons. The van der Waals surface area contributed by atoms with Crippen LogP contribution in [0.2, 0.25) is 0 Å². The van der Waals surface area contributed by atoms with Crippen LogP contribution < -0.4 is 0 Å². The minimum absolute atomic E-state index is 0.142. The molecule has 0 saturated carbocycles. The van der Waals surface area contributed by atoms with Crippen molar-refractivity contribution < 1.29 is 26.3 Å². The number of rotatable bonds is 5. The van der Waals surface area contributed by atoms with Gasteiger partial charge in [0.25, 0.3) is 0 Å².